The smallest absolute Gasteiger partial charge is 0.146 e. The summed E-state index contributed by atoms with van der Waals surface area (Å²) in [7, 11) is 2.01. The number of rotatable bonds is 1. The number of thiazole rings is 1. The van der Waals surface area contributed by atoms with Gasteiger partial charge in [-0.05, 0) is 40.3 Å². The predicted molar refractivity (Wildman–Crippen MR) is 74.5 cm³/mol. The molecule has 0 saturated carbocycles. The van der Waals surface area contributed by atoms with E-state index in [-0.39, 0.29) is 6.04 Å². The van der Waals surface area contributed by atoms with Gasteiger partial charge in [0, 0.05) is 11.6 Å². The van der Waals surface area contributed by atoms with Crippen LogP contribution in [-0.4, -0.2) is 35.3 Å². The van der Waals surface area contributed by atoms with Gasteiger partial charge in [0.15, 0.2) is 0 Å². The molecule has 0 N–H and O–H groups in total. The summed E-state index contributed by atoms with van der Waals surface area (Å²) in [5, 5.41) is 3.10. The number of nitrogens with zero attached hydrogens (tertiary/aromatic N) is 2. The SMILES string of the molecule is CC.CC(=O)C1CCCN1C.Cc1nccs1. The molecule has 2 heterocycles. The second kappa shape index (κ2) is 9.31. The quantitative estimate of drug-likeness (QED) is 0.774. The van der Waals surface area contributed by atoms with Gasteiger partial charge in [0.2, 0.25) is 0 Å². The molecule has 0 aliphatic carbocycles. The Morgan fingerprint density at radius 1 is 1.53 bits per heavy atom. The van der Waals surface area contributed by atoms with Crippen LogP contribution in [0.15, 0.2) is 11.6 Å². The van der Waals surface area contributed by atoms with E-state index in [9.17, 15) is 4.79 Å². The lowest BCUT2D eigenvalue weighted by atomic mass is 10.1. The average molecular weight is 256 g/mol. The van der Waals surface area contributed by atoms with Gasteiger partial charge in [-0.15, -0.1) is 11.3 Å². The number of ketones is 1. The summed E-state index contributed by atoms with van der Waals surface area (Å²) in [6, 6.07) is 0.227. The Hall–Kier alpha value is -0.740. The van der Waals surface area contributed by atoms with Crippen LogP contribution in [0.25, 0.3) is 0 Å². The number of hydrogen-bond acceptors (Lipinski definition) is 4. The molecule has 3 nitrogen and oxygen atoms in total. The third-order valence-corrected chi connectivity index (χ3v) is 3.25. The molecule has 4 heteroatoms. The van der Waals surface area contributed by atoms with Crippen LogP contribution in [0, 0.1) is 6.92 Å². The van der Waals surface area contributed by atoms with Gasteiger partial charge in [0.05, 0.1) is 11.0 Å². The molecule has 1 aromatic heterocycles. The first-order chi connectivity index (χ1) is 8.11. The zero-order chi connectivity index (χ0) is 13.3. The highest BCUT2D eigenvalue weighted by Crippen LogP contribution is 2.14. The van der Waals surface area contributed by atoms with Gasteiger partial charge in [0.1, 0.15) is 5.78 Å². The van der Waals surface area contributed by atoms with E-state index in [1.54, 1.807) is 24.5 Å². The molecule has 0 aromatic carbocycles. The van der Waals surface area contributed by atoms with Crippen molar-refractivity contribution in [3.63, 3.8) is 0 Å². The van der Waals surface area contributed by atoms with E-state index >= 15 is 0 Å². The molecule has 1 aromatic rings. The van der Waals surface area contributed by atoms with Gasteiger partial charge < -0.3 is 0 Å². The zero-order valence-corrected chi connectivity index (χ0v) is 12.4. The maximum absolute atomic E-state index is 10.8. The van der Waals surface area contributed by atoms with E-state index in [0.29, 0.717) is 5.78 Å². The Bertz CT molecular complexity index is 298. The molecule has 0 amide bonds. The van der Waals surface area contributed by atoms with Crippen molar-refractivity contribution in [2.45, 2.75) is 46.6 Å². The number of Topliss-reactive ketones (excluding diaryl/α,β-unsaturated/α-hetero) is 1. The molecule has 98 valence electrons. The first-order valence-corrected chi connectivity index (χ1v) is 7.06. The van der Waals surface area contributed by atoms with Crippen LogP contribution in [-0.2, 0) is 4.79 Å². The van der Waals surface area contributed by atoms with Crippen LogP contribution in [0.4, 0.5) is 0 Å². The Kier molecular flexibility index (Phi) is 8.90. The predicted octanol–water partition coefficient (Wildman–Crippen LogP) is 3.15. The Labute approximate surface area is 109 Å². The van der Waals surface area contributed by atoms with Crippen molar-refractivity contribution in [2.75, 3.05) is 13.6 Å². The lowest BCUT2D eigenvalue weighted by Crippen LogP contribution is -2.30. The molecule has 0 radical (unpaired) electrons. The van der Waals surface area contributed by atoms with Crippen molar-refractivity contribution in [2.24, 2.45) is 0 Å². The largest absolute Gasteiger partial charge is 0.298 e. The summed E-state index contributed by atoms with van der Waals surface area (Å²) in [4.78, 5) is 16.9. The van der Waals surface area contributed by atoms with Crippen LogP contribution >= 0.6 is 11.3 Å². The lowest BCUT2D eigenvalue weighted by Gasteiger charge is -2.14. The average Bonchev–Trinajstić information content (AvgIpc) is 2.93. The first-order valence-electron chi connectivity index (χ1n) is 6.18. The summed E-state index contributed by atoms with van der Waals surface area (Å²) in [5.74, 6) is 0.315. The van der Waals surface area contributed by atoms with Crippen molar-refractivity contribution in [3.05, 3.63) is 16.6 Å². The maximum atomic E-state index is 10.8. The molecule has 1 aliphatic heterocycles. The highest BCUT2D eigenvalue weighted by atomic mass is 32.1. The van der Waals surface area contributed by atoms with Crippen molar-refractivity contribution in [1.82, 2.24) is 9.88 Å². The van der Waals surface area contributed by atoms with Gasteiger partial charge in [-0.2, -0.15) is 0 Å². The summed E-state index contributed by atoms with van der Waals surface area (Å²) in [6.45, 7) is 8.75. The fraction of sp³-hybridized carbons (Fsp3) is 0.692. The van der Waals surface area contributed by atoms with Crippen molar-refractivity contribution >= 4 is 17.1 Å². The monoisotopic (exact) mass is 256 g/mol. The number of likely N-dealkylation sites (tertiary alicyclic amines) is 1. The molecule has 1 atom stereocenters. The molecule has 1 fully saturated rings. The third-order valence-electron chi connectivity index (χ3n) is 2.55. The first kappa shape index (κ1) is 16.3. The Morgan fingerprint density at radius 2 is 2.18 bits per heavy atom. The van der Waals surface area contributed by atoms with E-state index in [1.165, 1.54) is 6.42 Å². The Balaban J connectivity index is 0.000000278. The van der Waals surface area contributed by atoms with Crippen molar-refractivity contribution in [3.8, 4) is 0 Å². The van der Waals surface area contributed by atoms with Crippen LogP contribution < -0.4 is 0 Å². The molecule has 1 unspecified atom stereocenters. The number of aryl methyl sites for hydroxylation is 1. The zero-order valence-electron chi connectivity index (χ0n) is 11.6. The maximum Gasteiger partial charge on any atom is 0.146 e. The molecular formula is C13H24N2OS. The summed E-state index contributed by atoms with van der Waals surface area (Å²) >= 11 is 1.67. The molecule has 1 aliphatic rings. The topological polar surface area (TPSA) is 33.2 Å². The van der Waals surface area contributed by atoms with Crippen LogP contribution in [0.5, 0.6) is 0 Å². The minimum atomic E-state index is 0.227. The molecule has 17 heavy (non-hydrogen) atoms. The van der Waals surface area contributed by atoms with Crippen LogP contribution in [0.1, 0.15) is 38.6 Å². The highest BCUT2D eigenvalue weighted by Gasteiger charge is 2.23. The molecule has 2 rings (SSSR count). The fourth-order valence-electron chi connectivity index (χ4n) is 1.72. The normalized spacial score (nSPS) is 18.8. The van der Waals surface area contributed by atoms with Crippen LogP contribution in [0.3, 0.4) is 0 Å². The second-order valence-corrected chi connectivity index (χ2v) is 4.90. The van der Waals surface area contributed by atoms with Crippen LogP contribution in [0.2, 0.25) is 0 Å². The van der Waals surface area contributed by atoms with Gasteiger partial charge in [-0.3, -0.25) is 14.7 Å². The minimum Gasteiger partial charge on any atom is -0.298 e. The molecular weight excluding hydrogens is 232 g/mol. The van der Waals surface area contributed by atoms with E-state index in [4.69, 9.17) is 0 Å². The van der Waals surface area contributed by atoms with Gasteiger partial charge in [-0.1, -0.05) is 13.8 Å². The molecule has 1 saturated heterocycles. The summed E-state index contributed by atoms with van der Waals surface area (Å²) in [5.41, 5.74) is 0. The van der Waals surface area contributed by atoms with Gasteiger partial charge >= 0.3 is 0 Å². The standard InChI is InChI=1S/C7H13NO.C4H5NS.C2H6/c1-6(9)7-4-3-5-8(7)2;1-4-5-2-3-6-4;1-2/h7H,3-5H2,1-2H3;2-3H,1H3;1-2H3. The number of carbonyl (C=O) groups excluding carboxylic acids is 1. The van der Waals surface area contributed by atoms with E-state index in [1.807, 2.05) is 33.2 Å². The number of aromatic nitrogens is 1. The molecule has 0 bridgehead atoms. The van der Waals surface area contributed by atoms with E-state index in [0.717, 1.165) is 18.0 Å². The molecule has 0 spiro atoms. The Morgan fingerprint density at radius 3 is 2.35 bits per heavy atom. The van der Waals surface area contributed by atoms with E-state index < -0.39 is 0 Å². The highest BCUT2D eigenvalue weighted by molar-refractivity contribution is 7.09. The van der Waals surface area contributed by atoms with E-state index in [2.05, 4.69) is 9.88 Å². The third kappa shape index (κ3) is 6.54. The minimum absolute atomic E-state index is 0.227. The van der Waals surface area contributed by atoms with Gasteiger partial charge in [-0.25, -0.2) is 0 Å². The lowest BCUT2D eigenvalue weighted by molar-refractivity contribution is -0.120. The summed E-state index contributed by atoms with van der Waals surface area (Å²) in [6.07, 6.45) is 4.05. The number of carbonyl (C=O) groups is 1. The van der Waals surface area contributed by atoms with Crippen molar-refractivity contribution < 1.29 is 4.79 Å². The number of hydrogen-bond donors (Lipinski definition) is 0. The van der Waals surface area contributed by atoms with Crippen molar-refractivity contribution in [1.29, 1.82) is 0 Å². The number of likely N-dealkylation sites (N-methyl/N-ethyl adjacent to an activating group) is 1. The summed E-state index contributed by atoms with van der Waals surface area (Å²) < 4.78 is 0. The second-order valence-electron chi connectivity index (χ2n) is 3.80. The fourth-order valence-corrected chi connectivity index (χ4v) is 2.16. The van der Waals surface area contributed by atoms with Gasteiger partial charge in [0.25, 0.3) is 0 Å².